The molecule has 1 saturated carbocycles. The summed E-state index contributed by atoms with van der Waals surface area (Å²) in [4.78, 5) is 4.04. The average molecular weight is 230 g/mol. The Bertz CT molecular complexity index is 451. The second-order valence-electron chi connectivity index (χ2n) is 4.81. The Balaban J connectivity index is 1.69. The molecule has 4 heteroatoms. The number of imidazole rings is 1. The third-order valence-corrected chi connectivity index (χ3v) is 3.52. The van der Waals surface area contributed by atoms with Crippen molar-refractivity contribution in [1.82, 2.24) is 19.3 Å². The minimum absolute atomic E-state index is 0.625. The van der Waals surface area contributed by atoms with Crippen LogP contribution in [0.1, 0.15) is 43.8 Å². The monoisotopic (exact) mass is 230 g/mol. The van der Waals surface area contributed by atoms with Crippen LogP contribution in [0, 0.1) is 0 Å². The number of aromatic nitrogens is 4. The highest BCUT2D eigenvalue weighted by molar-refractivity contribution is 5.01. The van der Waals surface area contributed by atoms with Gasteiger partial charge < -0.3 is 4.57 Å². The second-order valence-corrected chi connectivity index (χ2v) is 4.81. The Morgan fingerprint density at radius 1 is 1.18 bits per heavy atom. The van der Waals surface area contributed by atoms with Crippen molar-refractivity contribution in [3.05, 3.63) is 36.7 Å². The van der Waals surface area contributed by atoms with Gasteiger partial charge >= 0.3 is 0 Å². The van der Waals surface area contributed by atoms with E-state index in [1.165, 1.54) is 32.1 Å². The molecule has 0 N–H and O–H groups in total. The summed E-state index contributed by atoms with van der Waals surface area (Å²) in [6.07, 6.45) is 14.4. The SMILES string of the molecule is c1cn(Cc2ccn(C3CCCCC3)n2)cn1. The summed E-state index contributed by atoms with van der Waals surface area (Å²) >= 11 is 0. The number of rotatable bonds is 3. The maximum atomic E-state index is 4.68. The van der Waals surface area contributed by atoms with Crippen LogP contribution >= 0.6 is 0 Å². The van der Waals surface area contributed by atoms with Gasteiger partial charge in [0.15, 0.2) is 0 Å². The number of hydrogen-bond acceptors (Lipinski definition) is 2. The van der Waals surface area contributed by atoms with Gasteiger partial charge in [0.2, 0.25) is 0 Å². The van der Waals surface area contributed by atoms with Gasteiger partial charge in [-0.05, 0) is 18.9 Å². The van der Waals surface area contributed by atoms with Gasteiger partial charge in [-0.1, -0.05) is 19.3 Å². The fourth-order valence-corrected chi connectivity index (χ4v) is 2.58. The van der Waals surface area contributed by atoms with Crippen LogP contribution in [0.5, 0.6) is 0 Å². The lowest BCUT2D eigenvalue weighted by Gasteiger charge is -2.21. The lowest BCUT2D eigenvalue weighted by Crippen LogP contribution is -2.13. The van der Waals surface area contributed by atoms with Crippen molar-refractivity contribution >= 4 is 0 Å². The average Bonchev–Trinajstić information content (AvgIpc) is 3.02. The molecule has 2 aromatic heterocycles. The number of hydrogen-bond donors (Lipinski definition) is 0. The zero-order chi connectivity index (χ0) is 11.5. The fourth-order valence-electron chi connectivity index (χ4n) is 2.58. The van der Waals surface area contributed by atoms with Crippen molar-refractivity contribution in [2.24, 2.45) is 0 Å². The largest absolute Gasteiger partial charge is 0.331 e. The van der Waals surface area contributed by atoms with E-state index in [-0.39, 0.29) is 0 Å². The molecular weight excluding hydrogens is 212 g/mol. The quantitative estimate of drug-likeness (QED) is 0.812. The van der Waals surface area contributed by atoms with Crippen LogP contribution in [-0.2, 0) is 6.54 Å². The summed E-state index contributed by atoms with van der Waals surface area (Å²) < 4.78 is 4.21. The highest BCUT2D eigenvalue weighted by Crippen LogP contribution is 2.27. The van der Waals surface area contributed by atoms with Crippen LogP contribution in [0.2, 0.25) is 0 Å². The Morgan fingerprint density at radius 2 is 2.06 bits per heavy atom. The van der Waals surface area contributed by atoms with E-state index < -0.39 is 0 Å². The lowest BCUT2D eigenvalue weighted by atomic mass is 9.96. The minimum Gasteiger partial charge on any atom is -0.331 e. The summed E-state index contributed by atoms with van der Waals surface area (Å²) in [7, 11) is 0. The molecule has 90 valence electrons. The Labute approximate surface area is 101 Å². The molecule has 3 rings (SSSR count). The van der Waals surface area contributed by atoms with Crippen molar-refractivity contribution in [1.29, 1.82) is 0 Å². The van der Waals surface area contributed by atoms with E-state index in [9.17, 15) is 0 Å². The Hall–Kier alpha value is -1.58. The molecule has 1 fully saturated rings. The molecule has 0 radical (unpaired) electrons. The molecule has 0 unspecified atom stereocenters. The van der Waals surface area contributed by atoms with Crippen molar-refractivity contribution in [3.63, 3.8) is 0 Å². The molecule has 0 aromatic carbocycles. The molecule has 17 heavy (non-hydrogen) atoms. The topological polar surface area (TPSA) is 35.6 Å². The van der Waals surface area contributed by atoms with Gasteiger partial charge in [0.25, 0.3) is 0 Å². The van der Waals surface area contributed by atoms with Gasteiger partial charge in [0, 0.05) is 18.6 Å². The van der Waals surface area contributed by atoms with Crippen LogP contribution in [0.15, 0.2) is 31.0 Å². The van der Waals surface area contributed by atoms with E-state index in [0.717, 1.165) is 12.2 Å². The highest BCUT2D eigenvalue weighted by Gasteiger charge is 2.15. The van der Waals surface area contributed by atoms with Crippen molar-refractivity contribution in [3.8, 4) is 0 Å². The zero-order valence-electron chi connectivity index (χ0n) is 10.00. The maximum Gasteiger partial charge on any atom is 0.0949 e. The normalized spacial score (nSPS) is 17.4. The van der Waals surface area contributed by atoms with Crippen LogP contribution < -0.4 is 0 Å². The standard InChI is InChI=1S/C13H18N4/c1-2-4-13(5-3-1)17-8-6-12(15-17)10-16-9-7-14-11-16/h6-9,11,13H,1-5,10H2. The van der Waals surface area contributed by atoms with Crippen LogP contribution in [0.25, 0.3) is 0 Å². The molecule has 0 saturated heterocycles. The molecule has 2 heterocycles. The molecule has 1 aliphatic rings. The number of nitrogens with zero attached hydrogens (tertiary/aromatic N) is 4. The van der Waals surface area contributed by atoms with Gasteiger partial charge in [0.1, 0.15) is 0 Å². The van der Waals surface area contributed by atoms with Crippen LogP contribution in [0.4, 0.5) is 0 Å². The van der Waals surface area contributed by atoms with Gasteiger partial charge in [-0.25, -0.2) is 4.98 Å². The lowest BCUT2D eigenvalue weighted by molar-refractivity contribution is 0.328. The molecule has 0 aliphatic heterocycles. The van der Waals surface area contributed by atoms with E-state index in [0.29, 0.717) is 6.04 Å². The first kappa shape index (κ1) is 10.6. The van der Waals surface area contributed by atoms with Gasteiger partial charge in [-0.2, -0.15) is 5.10 Å². The van der Waals surface area contributed by atoms with E-state index in [1.807, 2.05) is 17.1 Å². The van der Waals surface area contributed by atoms with E-state index in [1.54, 1.807) is 6.20 Å². The van der Waals surface area contributed by atoms with Crippen LogP contribution in [0.3, 0.4) is 0 Å². The molecule has 0 spiro atoms. The van der Waals surface area contributed by atoms with Crippen molar-refractivity contribution in [2.75, 3.05) is 0 Å². The summed E-state index contributed by atoms with van der Waals surface area (Å²) in [5.41, 5.74) is 1.12. The molecule has 0 bridgehead atoms. The van der Waals surface area contributed by atoms with Gasteiger partial charge in [-0.3, -0.25) is 4.68 Å². The van der Waals surface area contributed by atoms with Gasteiger partial charge in [0.05, 0.1) is 24.6 Å². The minimum atomic E-state index is 0.625. The third kappa shape index (κ3) is 2.40. The molecule has 2 aromatic rings. The summed E-state index contributed by atoms with van der Waals surface area (Å²) in [5, 5.41) is 4.68. The summed E-state index contributed by atoms with van der Waals surface area (Å²) in [6, 6.07) is 2.74. The highest BCUT2D eigenvalue weighted by atomic mass is 15.3. The van der Waals surface area contributed by atoms with Crippen molar-refractivity contribution < 1.29 is 0 Å². The second kappa shape index (κ2) is 4.73. The smallest absolute Gasteiger partial charge is 0.0949 e. The molecule has 1 aliphatic carbocycles. The molecule has 4 nitrogen and oxygen atoms in total. The van der Waals surface area contributed by atoms with Crippen LogP contribution in [-0.4, -0.2) is 19.3 Å². The zero-order valence-corrected chi connectivity index (χ0v) is 10.00. The van der Waals surface area contributed by atoms with Gasteiger partial charge in [-0.15, -0.1) is 0 Å². The summed E-state index contributed by atoms with van der Waals surface area (Å²) in [6.45, 7) is 0.819. The molecule has 0 atom stereocenters. The van der Waals surface area contributed by atoms with E-state index >= 15 is 0 Å². The van der Waals surface area contributed by atoms with E-state index in [4.69, 9.17) is 0 Å². The molecule has 0 amide bonds. The van der Waals surface area contributed by atoms with Crippen molar-refractivity contribution in [2.45, 2.75) is 44.7 Å². The Morgan fingerprint density at radius 3 is 2.82 bits per heavy atom. The predicted molar refractivity (Wildman–Crippen MR) is 65.7 cm³/mol. The van der Waals surface area contributed by atoms with E-state index in [2.05, 4.69) is 27.0 Å². The first-order valence-electron chi connectivity index (χ1n) is 6.41. The summed E-state index contributed by atoms with van der Waals surface area (Å²) in [5.74, 6) is 0. The first-order chi connectivity index (χ1) is 8.42. The third-order valence-electron chi connectivity index (χ3n) is 3.52. The molecular formula is C13H18N4. The Kier molecular flexibility index (Phi) is 2.94. The predicted octanol–water partition coefficient (Wildman–Crippen LogP) is 2.63. The fraction of sp³-hybridized carbons (Fsp3) is 0.538. The maximum absolute atomic E-state index is 4.68. The first-order valence-corrected chi connectivity index (χ1v) is 6.41.